The number of hydrogen-bond acceptors (Lipinski definition) is 5. The van der Waals surface area contributed by atoms with E-state index in [0.29, 0.717) is 30.4 Å². The fraction of sp³-hybridized carbons (Fsp3) is 0.143. The fourth-order valence-corrected chi connectivity index (χ4v) is 3.34. The molecule has 26 heavy (non-hydrogen) atoms. The zero-order valence-corrected chi connectivity index (χ0v) is 14.3. The maximum atomic E-state index is 6.28. The number of aryl methyl sites for hydroxylation is 1. The molecule has 0 amide bonds. The van der Waals surface area contributed by atoms with Crippen LogP contribution in [-0.4, -0.2) is 16.6 Å². The van der Waals surface area contributed by atoms with Crippen molar-refractivity contribution in [1.82, 2.24) is 9.97 Å². The molecule has 5 rings (SSSR count). The standard InChI is InChI=1S/C21H17N3O2/c1-12-6-8-13(9-7-12)21-23-17-15(20(22)24-21)10-11-25-18-14-4-2-3-5-16(14)26-19(17)18/h2-9H,10-11H2,1H3,(H2,22,23,24). The van der Waals surface area contributed by atoms with Crippen LogP contribution in [0.4, 0.5) is 5.82 Å². The van der Waals surface area contributed by atoms with E-state index < -0.39 is 0 Å². The summed E-state index contributed by atoms with van der Waals surface area (Å²) in [6.45, 7) is 2.56. The van der Waals surface area contributed by atoms with E-state index in [4.69, 9.17) is 19.9 Å². The number of hydrogen-bond donors (Lipinski definition) is 1. The van der Waals surface area contributed by atoms with Crippen LogP contribution in [0.15, 0.2) is 52.9 Å². The fourth-order valence-electron chi connectivity index (χ4n) is 3.34. The van der Waals surface area contributed by atoms with Gasteiger partial charge in [-0.15, -0.1) is 0 Å². The minimum Gasteiger partial charge on any atom is -0.488 e. The number of nitrogens with zero attached hydrogens (tertiary/aromatic N) is 2. The van der Waals surface area contributed by atoms with E-state index in [-0.39, 0.29) is 0 Å². The Labute approximate surface area is 150 Å². The average molecular weight is 343 g/mol. The van der Waals surface area contributed by atoms with Gasteiger partial charge in [0.2, 0.25) is 0 Å². The summed E-state index contributed by atoms with van der Waals surface area (Å²) in [5.41, 5.74) is 10.8. The van der Waals surface area contributed by atoms with Gasteiger partial charge in [-0.1, -0.05) is 42.0 Å². The van der Waals surface area contributed by atoms with Crippen molar-refractivity contribution < 1.29 is 9.15 Å². The first-order chi connectivity index (χ1) is 12.7. The Morgan fingerprint density at radius 1 is 1.00 bits per heavy atom. The van der Waals surface area contributed by atoms with E-state index in [9.17, 15) is 0 Å². The smallest absolute Gasteiger partial charge is 0.196 e. The largest absolute Gasteiger partial charge is 0.488 e. The number of anilines is 1. The topological polar surface area (TPSA) is 74.2 Å². The number of ether oxygens (including phenoxy) is 1. The summed E-state index contributed by atoms with van der Waals surface area (Å²) >= 11 is 0. The van der Waals surface area contributed by atoms with Crippen LogP contribution in [0, 0.1) is 6.92 Å². The summed E-state index contributed by atoms with van der Waals surface area (Å²) in [6, 6.07) is 15.9. The first-order valence-corrected chi connectivity index (χ1v) is 8.59. The van der Waals surface area contributed by atoms with Gasteiger partial charge in [0.15, 0.2) is 17.3 Å². The average Bonchev–Trinajstić information content (AvgIpc) is 2.92. The Bertz CT molecular complexity index is 1130. The van der Waals surface area contributed by atoms with E-state index in [1.54, 1.807) is 0 Å². The monoisotopic (exact) mass is 343 g/mol. The molecule has 0 aliphatic carbocycles. The molecule has 0 unspecified atom stereocenters. The third kappa shape index (κ3) is 2.24. The summed E-state index contributed by atoms with van der Waals surface area (Å²) < 4.78 is 12.1. The minimum atomic E-state index is 0.475. The lowest BCUT2D eigenvalue weighted by Crippen LogP contribution is -2.06. The van der Waals surface area contributed by atoms with Crippen molar-refractivity contribution in [2.45, 2.75) is 13.3 Å². The normalized spacial score (nSPS) is 13.0. The van der Waals surface area contributed by atoms with Crippen molar-refractivity contribution in [3.05, 3.63) is 59.7 Å². The lowest BCUT2D eigenvalue weighted by molar-refractivity contribution is 0.327. The Kier molecular flexibility index (Phi) is 3.22. The van der Waals surface area contributed by atoms with Crippen molar-refractivity contribution >= 4 is 16.8 Å². The molecular formula is C21H17N3O2. The Morgan fingerprint density at radius 2 is 1.81 bits per heavy atom. The molecule has 1 aliphatic rings. The van der Waals surface area contributed by atoms with Gasteiger partial charge >= 0.3 is 0 Å². The highest BCUT2D eigenvalue weighted by Crippen LogP contribution is 2.43. The van der Waals surface area contributed by atoms with E-state index in [0.717, 1.165) is 33.5 Å². The molecule has 2 N–H and O–H groups in total. The molecule has 4 aromatic rings. The molecule has 2 aromatic heterocycles. The van der Waals surface area contributed by atoms with Crippen LogP contribution in [-0.2, 0) is 6.42 Å². The molecule has 0 fully saturated rings. The molecule has 0 saturated carbocycles. The highest BCUT2D eigenvalue weighted by molar-refractivity contribution is 5.92. The second kappa shape index (κ2) is 5.59. The summed E-state index contributed by atoms with van der Waals surface area (Å²) in [4.78, 5) is 9.33. The molecular weight excluding hydrogens is 326 g/mol. The molecule has 0 spiro atoms. The number of nitrogen functional groups attached to an aromatic ring is 1. The molecule has 128 valence electrons. The summed E-state index contributed by atoms with van der Waals surface area (Å²) in [7, 11) is 0. The molecule has 5 heteroatoms. The molecule has 3 heterocycles. The van der Waals surface area contributed by atoms with Gasteiger partial charge in [-0.05, 0) is 19.1 Å². The number of furan rings is 1. The zero-order chi connectivity index (χ0) is 17.7. The van der Waals surface area contributed by atoms with Crippen molar-refractivity contribution in [3.8, 4) is 28.6 Å². The van der Waals surface area contributed by atoms with Crippen molar-refractivity contribution in [2.75, 3.05) is 12.3 Å². The van der Waals surface area contributed by atoms with Gasteiger partial charge in [0.05, 0.1) is 12.0 Å². The molecule has 2 aromatic carbocycles. The van der Waals surface area contributed by atoms with E-state index in [1.807, 2.05) is 55.5 Å². The lowest BCUT2D eigenvalue weighted by atomic mass is 10.1. The Morgan fingerprint density at radius 3 is 2.65 bits per heavy atom. The van der Waals surface area contributed by atoms with Crippen LogP contribution in [0.2, 0.25) is 0 Å². The summed E-state index contributed by atoms with van der Waals surface area (Å²) in [6.07, 6.45) is 0.647. The van der Waals surface area contributed by atoms with Gasteiger partial charge in [-0.2, -0.15) is 0 Å². The Hall–Kier alpha value is -3.34. The molecule has 0 saturated heterocycles. The number of para-hydroxylation sites is 1. The van der Waals surface area contributed by atoms with Crippen LogP contribution in [0.5, 0.6) is 5.75 Å². The predicted molar refractivity (Wildman–Crippen MR) is 101 cm³/mol. The number of benzene rings is 2. The van der Waals surface area contributed by atoms with E-state index >= 15 is 0 Å². The third-order valence-electron chi connectivity index (χ3n) is 4.71. The van der Waals surface area contributed by atoms with E-state index in [1.165, 1.54) is 5.56 Å². The van der Waals surface area contributed by atoms with Gasteiger partial charge in [0, 0.05) is 17.5 Å². The van der Waals surface area contributed by atoms with Crippen molar-refractivity contribution in [2.24, 2.45) is 0 Å². The highest BCUT2D eigenvalue weighted by Gasteiger charge is 2.26. The number of fused-ring (bicyclic) bond motifs is 5. The van der Waals surface area contributed by atoms with Gasteiger partial charge in [0.25, 0.3) is 0 Å². The summed E-state index contributed by atoms with van der Waals surface area (Å²) in [5.74, 6) is 2.42. The quantitative estimate of drug-likeness (QED) is 0.555. The van der Waals surface area contributed by atoms with E-state index in [2.05, 4.69) is 4.98 Å². The van der Waals surface area contributed by atoms with Gasteiger partial charge in [-0.25, -0.2) is 9.97 Å². The second-order valence-electron chi connectivity index (χ2n) is 6.48. The van der Waals surface area contributed by atoms with Crippen LogP contribution < -0.4 is 10.5 Å². The van der Waals surface area contributed by atoms with Gasteiger partial charge in [0.1, 0.15) is 17.1 Å². The minimum absolute atomic E-state index is 0.475. The molecule has 5 nitrogen and oxygen atoms in total. The van der Waals surface area contributed by atoms with Crippen LogP contribution in [0.25, 0.3) is 33.8 Å². The SMILES string of the molecule is Cc1ccc(-c2nc(N)c3c(n2)-c2oc4ccccc4c2OCC3)cc1. The molecule has 0 bridgehead atoms. The maximum absolute atomic E-state index is 6.28. The molecule has 0 atom stereocenters. The molecule has 0 radical (unpaired) electrons. The van der Waals surface area contributed by atoms with Gasteiger partial charge < -0.3 is 14.9 Å². The third-order valence-corrected chi connectivity index (χ3v) is 4.71. The first kappa shape index (κ1) is 15.0. The van der Waals surface area contributed by atoms with Gasteiger partial charge in [-0.3, -0.25) is 0 Å². The van der Waals surface area contributed by atoms with Crippen LogP contribution in [0.1, 0.15) is 11.1 Å². The van der Waals surface area contributed by atoms with Crippen LogP contribution >= 0.6 is 0 Å². The number of rotatable bonds is 1. The van der Waals surface area contributed by atoms with Crippen molar-refractivity contribution in [1.29, 1.82) is 0 Å². The van der Waals surface area contributed by atoms with Crippen molar-refractivity contribution in [3.63, 3.8) is 0 Å². The highest BCUT2D eigenvalue weighted by atomic mass is 16.5. The zero-order valence-electron chi connectivity index (χ0n) is 14.3. The predicted octanol–water partition coefficient (Wildman–Crippen LogP) is 4.38. The maximum Gasteiger partial charge on any atom is 0.196 e. The second-order valence-corrected chi connectivity index (χ2v) is 6.48. The first-order valence-electron chi connectivity index (χ1n) is 8.59. The number of nitrogens with two attached hydrogens (primary N) is 1. The van der Waals surface area contributed by atoms with Crippen LogP contribution in [0.3, 0.4) is 0 Å². The Balaban J connectivity index is 1.77. The lowest BCUT2D eigenvalue weighted by Gasteiger charge is -2.09. The number of aromatic nitrogens is 2. The molecule has 1 aliphatic heterocycles. The summed E-state index contributed by atoms with van der Waals surface area (Å²) in [5, 5.41) is 0.949.